The van der Waals surface area contributed by atoms with Crippen LogP contribution in [0.25, 0.3) is 0 Å². The van der Waals surface area contributed by atoms with Crippen LogP contribution in [0.15, 0.2) is 42.5 Å². The molecule has 0 heterocycles. The molecule has 0 saturated heterocycles. The van der Waals surface area contributed by atoms with Crippen molar-refractivity contribution >= 4 is 28.9 Å². The van der Waals surface area contributed by atoms with Gasteiger partial charge in [0.05, 0.1) is 18.6 Å². The molecule has 0 aliphatic carbocycles. The molecule has 0 fully saturated rings. The van der Waals surface area contributed by atoms with Crippen molar-refractivity contribution in [3.8, 4) is 5.75 Å². The molecule has 0 spiro atoms. The van der Waals surface area contributed by atoms with Crippen molar-refractivity contribution in [2.75, 3.05) is 37.4 Å². The molecule has 1 atom stereocenters. The van der Waals surface area contributed by atoms with Crippen molar-refractivity contribution in [3.63, 3.8) is 0 Å². The maximum absolute atomic E-state index is 12.4. The zero-order valence-corrected chi connectivity index (χ0v) is 16.7. The average molecular weight is 401 g/mol. The lowest BCUT2D eigenvalue weighted by molar-refractivity contribution is -0.881. The Labute approximate surface area is 168 Å². The molecule has 2 rings (SSSR count). The normalized spacial score (nSPS) is 11.4. The van der Waals surface area contributed by atoms with Crippen LogP contribution in [0.3, 0.4) is 0 Å². The van der Waals surface area contributed by atoms with Crippen LogP contribution < -0.4 is 20.3 Å². The fourth-order valence-electron chi connectivity index (χ4n) is 2.80. The number of nitro groups is 1. The molecular weight excluding hydrogens is 376 g/mol. The molecule has 0 aliphatic rings. The van der Waals surface area contributed by atoms with Gasteiger partial charge in [0.25, 0.3) is 17.5 Å². The molecular formula is C20H25N4O5+. The van der Waals surface area contributed by atoms with E-state index in [4.69, 9.17) is 4.74 Å². The molecule has 0 radical (unpaired) electrons. The van der Waals surface area contributed by atoms with Gasteiger partial charge in [0, 0.05) is 11.8 Å². The zero-order valence-electron chi connectivity index (χ0n) is 16.7. The lowest BCUT2D eigenvalue weighted by Gasteiger charge is -2.17. The van der Waals surface area contributed by atoms with E-state index in [1.165, 1.54) is 6.07 Å². The number of ether oxygens (including phenoxy) is 1. The van der Waals surface area contributed by atoms with Crippen molar-refractivity contribution in [1.29, 1.82) is 0 Å². The minimum atomic E-state index is -0.532. The van der Waals surface area contributed by atoms with Gasteiger partial charge in [-0.1, -0.05) is 12.1 Å². The summed E-state index contributed by atoms with van der Waals surface area (Å²) in [7, 11) is 1.56. The number of carbonyl (C=O) groups excluding carboxylic acids is 2. The highest BCUT2D eigenvalue weighted by Gasteiger charge is 2.21. The first-order chi connectivity index (χ1) is 13.8. The molecule has 0 bridgehead atoms. The fourth-order valence-corrected chi connectivity index (χ4v) is 2.80. The summed E-state index contributed by atoms with van der Waals surface area (Å²) in [6, 6.07) is 11.5. The van der Waals surface area contributed by atoms with Crippen LogP contribution in [0.1, 0.15) is 12.5 Å². The Kier molecular flexibility index (Phi) is 7.67. The summed E-state index contributed by atoms with van der Waals surface area (Å²) >= 11 is 0. The Bertz CT molecular complexity index is 883. The number of rotatable bonds is 9. The van der Waals surface area contributed by atoms with Gasteiger partial charge in [0.1, 0.15) is 11.4 Å². The van der Waals surface area contributed by atoms with Crippen molar-refractivity contribution in [2.45, 2.75) is 13.8 Å². The summed E-state index contributed by atoms with van der Waals surface area (Å²) in [5.41, 5.74) is 1.25. The summed E-state index contributed by atoms with van der Waals surface area (Å²) in [6.07, 6.45) is 0. The Hall–Kier alpha value is -3.46. The topological polar surface area (TPSA) is 115 Å². The van der Waals surface area contributed by atoms with Crippen molar-refractivity contribution in [3.05, 3.63) is 58.1 Å². The highest BCUT2D eigenvalue weighted by molar-refractivity contribution is 5.95. The number of likely N-dealkylation sites (N-methyl/N-ethyl adjacent to an activating group) is 1. The predicted octanol–water partition coefficient (Wildman–Crippen LogP) is 1.39. The Morgan fingerprint density at radius 2 is 1.69 bits per heavy atom. The number of hydrogen-bond donors (Lipinski definition) is 3. The zero-order chi connectivity index (χ0) is 21.4. The molecule has 2 amide bonds. The number of nitrogens with zero attached hydrogens (tertiary/aromatic N) is 1. The number of benzene rings is 2. The first-order valence-electron chi connectivity index (χ1n) is 9.15. The van der Waals surface area contributed by atoms with E-state index in [1.54, 1.807) is 50.4 Å². The third-order valence-corrected chi connectivity index (χ3v) is 4.41. The molecule has 2 aromatic carbocycles. The van der Waals surface area contributed by atoms with E-state index in [1.807, 2.05) is 6.92 Å². The maximum Gasteiger partial charge on any atom is 0.293 e. The van der Waals surface area contributed by atoms with Gasteiger partial charge in [-0.2, -0.15) is 0 Å². The number of carbonyl (C=O) groups is 2. The molecule has 29 heavy (non-hydrogen) atoms. The second kappa shape index (κ2) is 10.2. The number of nitrogens with one attached hydrogen (secondary N) is 3. The summed E-state index contributed by atoms with van der Waals surface area (Å²) in [5.74, 6) is 0.0592. The number of quaternary nitrogens is 1. The average Bonchev–Trinajstić information content (AvgIpc) is 2.69. The van der Waals surface area contributed by atoms with Crippen LogP contribution in [0.5, 0.6) is 5.75 Å². The van der Waals surface area contributed by atoms with Crippen LogP contribution in [-0.2, 0) is 9.59 Å². The van der Waals surface area contributed by atoms with E-state index in [9.17, 15) is 19.7 Å². The SMILES string of the molecule is CC[NH+](CC(=O)Nc1ccc(OC)cc1)CC(=O)Nc1c(C)cccc1[N+](=O)[O-]. The van der Waals surface area contributed by atoms with Gasteiger partial charge in [-0.15, -0.1) is 0 Å². The quantitative estimate of drug-likeness (QED) is 0.434. The third-order valence-electron chi connectivity index (χ3n) is 4.41. The van der Waals surface area contributed by atoms with Gasteiger partial charge >= 0.3 is 0 Å². The number of amides is 2. The molecule has 9 nitrogen and oxygen atoms in total. The molecule has 1 unspecified atom stereocenters. The highest BCUT2D eigenvalue weighted by atomic mass is 16.6. The number of aryl methyl sites for hydroxylation is 1. The molecule has 154 valence electrons. The maximum atomic E-state index is 12.4. The number of anilines is 2. The summed E-state index contributed by atoms with van der Waals surface area (Å²) in [5, 5.41) is 16.6. The van der Waals surface area contributed by atoms with Crippen LogP contribution >= 0.6 is 0 Å². The Morgan fingerprint density at radius 3 is 2.24 bits per heavy atom. The van der Waals surface area contributed by atoms with E-state index in [0.29, 0.717) is 23.5 Å². The monoisotopic (exact) mass is 401 g/mol. The van der Waals surface area contributed by atoms with Gasteiger partial charge in [0.15, 0.2) is 13.1 Å². The van der Waals surface area contributed by atoms with E-state index in [2.05, 4.69) is 10.6 Å². The third kappa shape index (κ3) is 6.28. The van der Waals surface area contributed by atoms with Crippen LogP contribution in [0.4, 0.5) is 17.1 Å². The van der Waals surface area contributed by atoms with Gasteiger partial charge < -0.3 is 20.3 Å². The fraction of sp³-hybridized carbons (Fsp3) is 0.300. The molecule has 0 saturated carbocycles. The first kappa shape index (κ1) is 21.8. The summed E-state index contributed by atoms with van der Waals surface area (Å²) in [6.45, 7) is 4.19. The van der Waals surface area contributed by atoms with Crippen LogP contribution in [0, 0.1) is 17.0 Å². The second-order valence-electron chi connectivity index (χ2n) is 6.51. The van der Waals surface area contributed by atoms with Gasteiger partial charge in [-0.3, -0.25) is 19.7 Å². The van der Waals surface area contributed by atoms with Gasteiger partial charge in [-0.05, 0) is 43.7 Å². The van der Waals surface area contributed by atoms with E-state index in [-0.39, 0.29) is 30.4 Å². The highest BCUT2D eigenvalue weighted by Crippen LogP contribution is 2.27. The lowest BCUT2D eigenvalue weighted by atomic mass is 10.1. The predicted molar refractivity (Wildman–Crippen MR) is 109 cm³/mol. The Balaban J connectivity index is 1.96. The molecule has 0 aromatic heterocycles. The van der Waals surface area contributed by atoms with E-state index in [0.717, 1.165) is 4.90 Å². The minimum absolute atomic E-state index is 0.0119. The number of nitro benzene ring substituents is 1. The van der Waals surface area contributed by atoms with Crippen LogP contribution in [0.2, 0.25) is 0 Å². The minimum Gasteiger partial charge on any atom is -0.497 e. The molecule has 2 aromatic rings. The van der Waals surface area contributed by atoms with E-state index >= 15 is 0 Å². The first-order valence-corrected chi connectivity index (χ1v) is 9.15. The largest absolute Gasteiger partial charge is 0.497 e. The molecule has 9 heteroatoms. The van der Waals surface area contributed by atoms with Gasteiger partial charge in [-0.25, -0.2) is 0 Å². The number of methoxy groups -OCH3 is 1. The van der Waals surface area contributed by atoms with Crippen molar-refractivity contribution in [1.82, 2.24) is 0 Å². The molecule has 3 N–H and O–H groups in total. The van der Waals surface area contributed by atoms with Crippen molar-refractivity contribution < 1.29 is 24.1 Å². The van der Waals surface area contributed by atoms with E-state index < -0.39 is 10.8 Å². The van der Waals surface area contributed by atoms with Crippen molar-refractivity contribution in [2.24, 2.45) is 0 Å². The smallest absolute Gasteiger partial charge is 0.293 e. The standard InChI is InChI=1S/C20H24N4O5/c1-4-23(12-18(25)21-15-8-10-16(29-3)11-9-15)13-19(26)22-20-14(2)6-5-7-17(20)24(27)28/h5-11H,4,12-13H2,1-3H3,(H,21,25)(H,22,26)/p+1. The van der Waals surface area contributed by atoms with Crippen LogP contribution in [-0.4, -0.2) is 43.5 Å². The summed E-state index contributed by atoms with van der Waals surface area (Å²) < 4.78 is 5.08. The number of para-hydroxylation sites is 1. The number of hydrogen-bond acceptors (Lipinski definition) is 5. The molecule has 0 aliphatic heterocycles. The lowest BCUT2D eigenvalue weighted by Crippen LogP contribution is -3.13. The van der Waals surface area contributed by atoms with Gasteiger partial charge in [0.2, 0.25) is 0 Å². The Morgan fingerprint density at radius 1 is 1.07 bits per heavy atom. The summed E-state index contributed by atoms with van der Waals surface area (Å²) in [4.78, 5) is 36.1. The second-order valence-corrected chi connectivity index (χ2v) is 6.51.